The Morgan fingerprint density at radius 1 is 0.633 bits per heavy atom. The van der Waals surface area contributed by atoms with Crippen LogP contribution in [-0.4, -0.2) is 5.97 Å². The van der Waals surface area contributed by atoms with E-state index in [2.05, 4.69) is 48.5 Å². The number of benzene rings is 4. The normalized spacial score (nSPS) is 12.4. The molecule has 146 valence electrons. The minimum Gasteiger partial charge on any atom is -0.452 e. The van der Waals surface area contributed by atoms with E-state index in [1.807, 2.05) is 60.7 Å². The summed E-state index contributed by atoms with van der Waals surface area (Å²) in [5.41, 5.74) is 6.65. The van der Waals surface area contributed by atoms with Crippen LogP contribution in [0.2, 0.25) is 0 Å². The third kappa shape index (κ3) is 3.42. The molecule has 0 aromatic heterocycles. The van der Waals surface area contributed by atoms with Crippen LogP contribution in [0.5, 0.6) is 0 Å². The van der Waals surface area contributed by atoms with Gasteiger partial charge in [-0.25, -0.2) is 0 Å². The summed E-state index contributed by atoms with van der Waals surface area (Å²) in [7, 11) is 0. The summed E-state index contributed by atoms with van der Waals surface area (Å²) in [5.74, 6) is -0.226. The molecule has 0 fully saturated rings. The van der Waals surface area contributed by atoms with Crippen LogP contribution in [0.3, 0.4) is 0 Å². The molecule has 0 radical (unpaired) electrons. The van der Waals surface area contributed by atoms with Gasteiger partial charge in [-0.3, -0.25) is 4.79 Å². The van der Waals surface area contributed by atoms with Crippen LogP contribution in [0.1, 0.15) is 40.7 Å². The van der Waals surface area contributed by atoms with Crippen molar-refractivity contribution in [3.05, 3.63) is 131 Å². The Balaban J connectivity index is 1.44. The largest absolute Gasteiger partial charge is 0.452 e. The Kier molecular flexibility index (Phi) is 4.90. The second-order valence-electron chi connectivity index (χ2n) is 7.62. The number of carbonyl (C=O) groups is 1. The summed E-state index contributed by atoms with van der Waals surface area (Å²) in [5, 5.41) is 0. The summed E-state index contributed by atoms with van der Waals surface area (Å²) in [6.07, 6.45) is -0.0495. The van der Waals surface area contributed by atoms with Gasteiger partial charge in [-0.05, 0) is 22.3 Å². The molecule has 0 unspecified atom stereocenters. The third-order valence-electron chi connectivity index (χ3n) is 5.80. The summed E-state index contributed by atoms with van der Waals surface area (Å²) in [6.45, 7) is 0. The van der Waals surface area contributed by atoms with Crippen LogP contribution in [0, 0.1) is 0 Å². The second kappa shape index (κ2) is 8.00. The molecule has 1 aliphatic carbocycles. The van der Waals surface area contributed by atoms with Gasteiger partial charge >= 0.3 is 5.97 Å². The van der Waals surface area contributed by atoms with Crippen LogP contribution in [0.4, 0.5) is 0 Å². The van der Waals surface area contributed by atoms with Gasteiger partial charge in [-0.2, -0.15) is 0 Å². The van der Waals surface area contributed by atoms with Gasteiger partial charge in [-0.1, -0.05) is 109 Å². The average molecular weight is 390 g/mol. The first-order valence-corrected chi connectivity index (χ1v) is 10.3. The molecule has 0 spiro atoms. The molecular formula is C28H22O2. The van der Waals surface area contributed by atoms with E-state index in [4.69, 9.17) is 4.74 Å². The first-order chi connectivity index (χ1) is 14.8. The third-order valence-corrected chi connectivity index (χ3v) is 5.80. The van der Waals surface area contributed by atoms with Gasteiger partial charge in [0.05, 0.1) is 6.42 Å². The zero-order valence-electron chi connectivity index (χ0n) is 16.6. The quantitative estimate of drug-likeness (QED) is 0.363. The SMILES string of the molecule is O=C(CC(c1ccccc1)c1ccccc1)OC1c2ccccc2-c2ccccc21. The maximum Gasteiger partial charge on any atom is 0.307 e. The van der Waals surface area contributed by atoms with Crippen LogP contribution >= 0.6 is 0 Å². The van der Waals surface area contributed by atoms with Gasteiger partial charge in [0.15, 0.2) is 6.10 Å². The Labute approximate surface area is 176 Å². The summed E-state index contributed by atoms with van der Waals surface area (Å²) < 4.78 is 6.10. The molecule has 2 nitrogen and oxygen atoms in total. The van der Waals surface area contributed by atoms with Gasteiger partial charge in [0.1, 0.15) is 0 Å². The van der Waals surface area contributed by atoms with Crippen LogP contribution in [-0.2, 0) is 9.53 Å². The second-order valence-corrected chi connectivity index (χ2v) is 7.62. The Morgan fingerprint density at radius 3 is 1.57 bits per heavy atom. The van der Waals surface area contributed by atoms with Crippen molar-refractivity contribution in [2.45, 2.75) is 18.4 Å². The van der Waals surface area contributed by atoms with Gasteiger partial charge in [0.25, 0.3) is 0 Å². The van der Waals surface area contributed by atoms with E-state index in [1.165, 1.54) is 0 Å². The molecule has 0 amide bonds. The fraction of sp³-hybridized carbons (Fsp3) is 0.107. The molecule has 4 aromatic rings. The van der Waals surface area contributed by atoms with Crippen LogP contribution < -0.4 is 0 Å². The highest BCUT2D eigenvalue weighted by Gasteiger charge is 2.31. The Bertz CT molecular complexity index is 1070. The number of esters is 1. The fourth-order valence-corrected chi connectivity index (χ4v) is 4.38. The smallest absolute Gasteiger partial charge is 0.307 e. The zero-order valence-corrected chi connectivity index (χ0v) is 16.6. The first-order valence-electron chi connectivity index (χ1n) is 10.3. The lowest BCUT2D eigenvalue weighted by Crippen LogP contribution is -2.15. The lowest BCUT2D eigenvalue weighted by Gasteiger charge is -2.20. The molecule has 0 saturated heterocycles. The van der Waals surface area contributed by atoms with Crippen molar-refractivity contribution >= 4 is 5.97 Å². The number of ether oxygens (including phenoxy) is 1. The lowest BCUT2D eigenvalue weighted by atomic mass is 9.88. The Morgan fingerprint density at radius 2 is 1.07 bits per heavy atom. The van der Waals surface area contributed by atoms with Gasteiger partial charge in [0.2, 0.25) is 0 Å². The number of rotatable bonds is 5. The zero-order chi connectivity index (χ0) is 20.3. The van der Waals surface area contributed by atoms with E-state index >= 15 is 0 Å². The van der Waals surface area contributed by atoms with E-state index < -0.39 is 0 Å². The molecule has 1 aliphatic rings. The van der Waals surface area contributed by atoms with Gasteiger partial charge < -0.3 is 4.74 Å². The molecule has 5 rings (SSSR count). The van der Waals surface area contributed by atoms with Crippen LogP contribution in [0.15, 0.2) is 109 Å². The van der Waals surface area contributed by atoms with Gasteiger partial charge in [-0.15, -0.1) is 0 Å². The molecule has 0 N–H and O–H groups in total. The van der Waals surface area contributed by atoms with Crippen molar-refractivity contribution in [3.8, 4) is 11.1 Å². The molecule has 30 heavy (non-hydrogen) atoms. The number of hydrogen-bond donors (Lipinski definition) is 0. The maximum absolute atomic E-state index is 13.2. The first kappa shape index (κ1) is 18.4. The highest BCUT2D eigenvalue weighted by atomic mass is 16.5. The van der Waals surface area contributed by atoms with E-state index in [-0.39, 0.29) is 18.0 Å². The van der Waals surface area contributed by atoms with E-state index in [1.54, 1.807) is 0 Å². The standard InChI is InChI=1S/C28H22O2/c29-27(19-26(20-11-3-1-4-12-20)21-13-5-2-6-14-21)30-28-24-17-9-7-15-22(24)23-16-8-10-18-25(23)28/h1-18,26,28H,19H2. The van der Waals surface area contributed by atoms with Crippen LogP contribution in [0.25, 0.3) is 11.1 Å². The van der Waals surface area contributed by atoms with Crippen molar-refractivity contribution in [1.82, 2.24) is 0 Å². The molecule has 2 heteroatoms. The number of hydrogen-bond acceptors (Lipinski definition) is 2. The molecule has 0 saturated carbocycles. The highest BCUT2D eigenvalue weighted by molar-refractivity contribution is 5.80. The molecule has 0 aliphatic heterocycles. The van der Waals surface area contributed by atoms with Crippen molar-refractivity contribution < 1.29 is 9.53 Å². The summed E-state index contributed by atoms with van der Waals surface area (Å²) in [4.78, 5) is 13.2. The molecule has 0 bridgehead atoms. The molecule has 4 aromatic carbocycles. The van der Waals surface area contributed by atoms with Crippen molar-refractivity contribution in [2.24, 2.45) is 0 Å². The van der Waals surface area contributed by atoms with Crippen molar-refractivity contribution in [1.29, 1.82) is 0 Å². The molecule has 0 atom stereocenters. The highest BCUT2D eigenvalue weighted by Crippen LogP contribution is 2.45. The number of carbonyl (C=O) groups excluding carboxylic acids is 1. The predicted octanol–water partition coefficient (Wildman–Crippen LogP) is 6.52. The predicted molar refractivity (Wildman–Crippen MR) is 119 cm³/mol. The molecule has 0 heterocycles. The van der Waals surface area contributed by atoms with E-state index in [0.29, 0.717) is 6.42 Å². The lowest BCUT2D eigenvalue weighted by molar-refractivity contribution is -0.147. The van der Waals surface area contributed by atoms with Gasteiger partial charge in [0, 0.05) is 17.0 Å². The molecular weight excluding hydrogens is 368 g/mol. The maximum atomic E-state index is 13.2. The minimum absolute atomic E-state index is 0.0354. The van der Waals surface area contributed by atoms with E-state index in [0.717, 1.165) is 33.4 Å². The minimum atomic E-state index is -0.350. The summed E-state index contributed by atoms with van der Waals surface area (Å²) >= 11 is 0. The van der Waals surface area contributed by atoms with Crippen molar-refractivity contribution in [2.75, 3.05) is 0 Å². The monoisotopic (exact) mass is 390 g/mol. The van der Waals surface area contributed by atoms with Crippen molar-refractivity contribution in [3.63, 3.8) is 0 Å². The topological polar surface area (TPSA) is 26.3 Å². The average Bonchev–Trinajstić information content (AvgIpc) is 3.12. The van der Waals surface area contributed by atoms with E-state index in [9.17, 15) is 4.79 Å². The number of fused-ring (bicyclic) bond motifs is 3. The fourth-order valence-electron chi connectivity index (χ4n) is 4.38. The Hall–Kier alpha value is -3.65. The summed E-state index contributed by atoms with van der Waals surface area (Å²) in [6, 6.07) is 36.7.